The zero-order chi connectivity index (χ0) is 15.8. The van der Waals surface area contributed by atoms with E-state index >= 15 is 0 Å². The van der Waals surface area contributed by atoms with Gasteiger partial charge in [-0.3, -0.25) is 4.79 Å². The van der Waals surface area contributed by atoms with Gasteiger partial charge in [-0.15, -0.1) is 11.3 Å². The van der Waals surface area contributed by atoms with Gasteiger partial charge >= 0.3 is 0 Å². The molecule has 0 unspecified atom stereocenters. The van der Waals surface area contributed by atoms with Crippen molar-refractivity contribution in [1.29, 1.82) is 0 Å². The van der Waals surface area contributed by atoms with Crippen molar-refractivity contribution in [1.82, 2.24) is 4.98 Å². The number of aryl methyl sites for hydroxylation is 1. The lowest BCUT2D eigenvalue weighted by molar-refractivity contribution is -0.116. The molecular weight excluding hydrogens is 306 g/mol. The number of carbonyl (C=O) groups is 1. The lowest BCUT2D eigenvalue weighted by Gasteiger charge is -2.17. The minimum Gasteiger partial charge on any atom is -0.398 e. The molecule has 0 saturated carbocycles. The van der Waals surface area contributed by atoms with E-state index in [1.165, 1.54) is 0 Å². The van der Waals surface area contributed by atoms with Gasteiger partial charge in [-0.1, -0.05) is 18.2 Å². The largest absolute Gasteiger partial charge is 0.398 e. The van der Waals surface area contributed by atoms with E-state index in [1.807, 2.05) is 41.8 Å². The molecule has 1 amide bonds. The van der Waals surface area contributed by atoms with Gasteiger partial charge in [0.25, 0.3) is 0 Å². The highest BCUT2D eigenvalue weighted by molar-refractivity contribution is 7.13. The summed E-state index contributed by atoms with van der Waals surface area (Å²) in [5.41, 5.74) is 11.8. The first kappa shape index (κ1) is 14.0. The summed E-state index contributed by atoms with van der Waals surface area (Å²) >= 11 is 1.59. The summed E-state index contributed by atoms with van der Waals surface area (Å²) in [6.07, 6.45) is 1.32. The van der Waals surface area contributed by atoms with Crippen LogP contribution in [0.4, 0.5) is 11.4 Å². The van der Waals surface area contributed by atoms with Gasteiger partial charge < -0.3 is 11.1 Å². The predicted octanol–water partition coefficient (Wildman–Crippen LogP) is 3.94. The maximum absolute atomic E-state index is 11.4. The van der Waals surface area contributed by atoms with Crippen LogP contribution in [-0.4, -0.2) is 10.9 Å². The SMILES string of the molecule is Nc1ccccc1-c1nc(-c2ccc3c(c2)CCC(=O)N3)cs1. The van der Waals surface area contributed by atoms with E-state index in [2.05, 4.69) is 11.4 Å². The second kappa shape index (κ2) is 5.52. The van der Waals surface area contributed by atoms with Gasteiger partial charge in [0, 0.05) is 34.3 Å². The van der Waals surface area contributed by atoms with Crippen LogP contribution in [0.1, 0.15) is 12.0 Å². The number of para-hydroxylation sites is 1. The number of hydrogen-bond acceptors (Lipinski definition) is 4. The summed E-state index contributed by atoms with van der Waals surface area (Å²) < 4.78 is 0. The van der Waals surface area contributed by atoms with E-state index in [4.69, 9.17) is 10.7 Å². The number of rotatable bonds is 2. The minimum atomic E-state index is 0.0840. The number of anilines is 2. The smallest absolute Gasteiger partial charge is 0.224 e. The van der Waals surface area contributed by atoms with E-state index < -0.39 is 0 Å². The zero-order valence-corrected chi connectivity index (χ0v) is 13.2. The lowest BCUT2D eigenvalue weighted by atomic mass is 9.99. The molecule has 1 aromatic heterocycles. The van der Waals surface area contributed by atoms with Crippen molar-refractivity contribution >= 4 is 28.6 Å². The Bertz CT molecular complexity index is 901. The van der Waals surface area contributed by atoms with Crippen molar-refractivity contribution < 1.29 is 4.79 Å². The molecule has 0 spiro atoms. The number of nitrogens with two attached hydrogens (primary N) is 1. The van der Waals surface area contributed by atoms with Crippen molar-refractivity contribution in [2.75, 3.05) is 11.1 Å². The van der Waals surface area contributed by atoms with Crippen LogP contribution in [-0.2, 0) is 11.2 Å². The van der Waals surface area contributed by atoms with Crippen LogP contribution in [0.3, 0.4) is 0 Å². The normalized spacial score (nSPS) is 13.5. The molecule has 3 N–H and O–H groups in total. The summed E-state index contributed by atoms with van der Waals surface area (Å²) in [6, 6.07) is 13.8. The number of nitrogens with one attached hydrogen (secondary N) is 1. The third kappa shape index (κ3) is 2.59. The molecule has 0 atom stereocenters. The molecule has 3 aromatic rings. The highest BCUT2D eigenvalue weighted by atomic mass is 32.1. The third-order valence-corrected chi connectivity index (χ3v) is 4.87. The van der Waals surface area contributed by atoms with E-state index in [1.54, 1.807) is 11.3 Å². The maximum atomic E-state index is 11.4. The number of amides is 1. The van der Waals surface area contributed by atoms with Crippen molar-refractivity contribution in [2.45, 2.75) is 12.8 Å². The number of thiazole rings is 1. The molecule has 114 valence electrons. The second-order valence-electron chi connectivity index (χ2n) is 5.55. The molecule has 4 rings (SSSR count). The quantitative estimate of drug-likeness (QED) is 0.702. The Morgan fingerprint density at radius 3 is 2.87 bits per heavy atom. The average Bonchev–Trinajstić information content (AvgIpc) is 3.04. The van der Waals surface area contributed by atoms with Crippen LogP contribution >= 0.6 is 11.3 Å². The lowest BCUT2D eigenvalue weighted by Crippen LogP contribution is -2.18. The number of carbonyl (C=O) groups excluding carboxylic acids is 1. The molecule has 1 aliphatic heterocycles. The molecule has 4 nitrogen and oxygen atoms in total. The molecule has 0 saturated heterocycles. The van der Waals surface area contributed by atoms with Gasteiger partial charge in [0.05, 0.1) is 5.69 Å². The Morgan fingerprint density at radius 1 is 1.13 bits per heavy atom. The molecule has 0 fully saturated rings. The van der Waals surface area contributed by atoms with E-state index in [9.17, 15) is 4.79 Å². The molecule has 2 aromatic carbocycles. The summed E-state index contributed by atoms with van der Waals surface area (Å²) in [7, 11) is 0. The third-order valence-electron chi connectivity index (χ3n) is 3.99. The van der Waals surface area contributed by atoms with Gasteiger partial charge in [-0.25, -0.2) is 4.98 Å². The van der Waals surface area contributed by atoms with Crippen LogP contribution in [0.15, 0.2) is 47.8 Å². The van der Waals surface area contributed by atoms with Crippen LogP contribution in [0.5, 0.6) is 0 Å². The number of aromatic nitrogens is 1. The first-order chi connectivity index (χ1) is 11.2. The fourth-order valence-electron chi connectivity index (χ4n) is 2.76. The summed E-state index contributed by atoms with van der Waals surface area (Å²) in [4.78, 5) is 16.2. The van der Waals surface area contributed by atoms with E-state index in [-0.39, 0.29) is 5.91 Å². The van der Waals surface area contributed by atoms with Gasteiger partial charge in [0.15, 0.2) is 0 Å². The van der Waals surface area contributed by atoms with Crippen LogP contribution in [0.2, 0.25) is 0 Å². The van der Waals surface area contributed by atoms with Gasteiger partial charge in [0.2, 0.25) is 5.91 Å². The monoisotopic (exact) mass is 321 g/mol. The van der Waals surface area contributed by atoms with Gasteiger partial charge in [0.1, 0.15) is 5.01 Å². The standard InChI is InChI=1S/C18H15N3OS/c19-14-4-2-1-3-13(14)18-21-16(10-23-18)12-5-7-15-11(9-12)6-8-17(22)20-15/h1-5,7,9-10H,6,8,19H2,(H,20,22). The first-order valence-electron chi connectivity index (χ1n) is 7.44. The van der Waals surface area contributed by atoms with Crippen LogP contribution in [0, 0.1) is 0 Å². The molecule has 0 aliphatic carbocycles. The Morgan fingerprint density at radius 2 is 2.00 bits per heavy atom. The number of fused-ring (bicyclic) bond motifs is 1. The van der Waals surface area contributed by atoms with Gasteiger partial charge in [-0.2, -0.15) is 0 Å². The Labute approximate surface area is 138 Å². The summed E-state index contributed by atoms with van der Waals surface area (Å²) in [5.74, 6) is 0.0840. The molecular formula is C18H15N3OS. The van der Waals surface area contributed by atoms with Crippen molar-refractivity contribution in [2.24, 2.45) is 0 Å². The minimum absolute atomic E-state index is 0.0840. The van der Waals surface area contributed by atoms with E-state index in [0.717, 1.165) is 45.2 Å². The molecule has 5 heteroatoms. The highest BCUT2D eigenvalue weighted by Crippen LogP contribution is 2.34. The topological polar surface area (TPSA) is 68.0 Å². The van der Waals surface area contributed by atoms with Crippen LogP contribution < -0.4 is 11.1 Å². The Hall–Kier alpha value is -2.66. The van der Waals surface area contributed by atoms with Crippen molar-refractivity contribution in [3.05, 3.63) is 53.4 Å². The maximum Gasteiger partial charge on any atom is 0.224 e. The van der Waals surface area contributed by atoms with E-state index in [0.29, 0.717) is 6.42 Å². The van der Waals surface area contributed by atoms with Gasteiger partial charge in [-0.05, 0) is 36.2 Å². The second-order valence-corrected chi connectivity index (χ2v) is 6.40. The summed E-state index contributed by atoms with van der Waals surface area (Å²) in [5, 5.41) is 5.87. The van der Waals surface area contributed by atoms with Crippen molar-refractivity contribution in [3.8, 4) is 21.8 Å². The first-order valence-corrected chi connectivity index (χ1v) is 8.32. The predicted molar refractivity (Wildman–Crippen MR) is 94.3 cm³/mol. The fourth-order valence-corrected chi connectivity index (χ4v) is 3.64. The molecule has 2 heterocycles. The number of hydrogen-bond donors (Lipinski definition) is 2. The number of benzene rings is 2. The average molecular weight is 321 g/mol. The molecule has 23 heavy (non-hydrogen) atoms. The number of nitrogen functional groups attached to an aromatic ring is 1. The van der Waals surface area contributed by atoms with Crippen LogP contribution in [0.25, 0.3) is 21.8 Å². The Kier molecular flexibility index (Phi) is 3.35. The summed E-state index contributed by atoms with van der Waals surface area (Å²) in [6.45, 7) is 0. The molecule has 0 radical (unpaired) electrons. The number of nitrogens with zero attached hydrogens (tertiary/aromatic N) is 1. The molecule has 0 bridgehead atoms. The highest BCUT2D eigenvalue weighted by Gasteiger charge is 2.16. The van der Waals surface area contributed by atoms with Crippen molar-refractivity contribution in [3.63, 3.8) is 0 Å². The Balaban J connectivity index is 1.70. The zero-order valence-electron chi connectivity index (χ0n) is 12.4. The fraction of sp³-hybridized carbons (Fsp3) is 0.111. The molecule has 1 aliphatic rings.